The minimum absolute atomic E-state index is 0.0219. The summed E-state index contributed by atoms with van der Waals surface area (Å²) in [5.74, 6) is 0.377. The molecule has 0 spiro atoms. The van der Waals surface area contributed by atoms with Crippen LogP contribution in [0, 0.1) is 13.8 Å². The number of nitrogens with one attached hydrogen (secondary N) is 1. The van der Waals surface area contributed by atoms with Gasteiger partial charge in [0.1, 0.15) is 5.75 Å². The van der Waals surface area contributed by atoms with Crippen molar-refractivity contribution in [2.45, 2.75) is 33.6 Å². The highest BCUT2D eigenvalue weighted by Gasteiger charge is 2.18. The third-order valence-electron chi connectivity index (χ3n) is 6.08. The summed E-state index contributed by atoms with van der Waals surface area (Å²) >= 11 is 0. The number of rotatable bonds is 7. The molecule has 1 saturated heterocycles. The molecule has 7 heteroatoms. The van der Waals surface area contributed by atoms with Crippen molar-refractivity contribution < 1.29 is 14.3 Å². The van der Waals surface area contributed by atoms with Gasteiger partial charge in [0.15, 0.2) is 6.61 Å². The molecule has 3 aromatic rings. The predicted molar refractivity (Wildman–Crippen MR) is 133 cm³/mol. The quantitative estimate of drug-likeness (QED) is 0.425. The molecule has 4 rings (SSSR count). The molecular weight excluding hydrogens is 428 g/mol. The molecule has 0 unspecified atom stereocenters. The van der Waals surface area contributed by atoms with Crippen molar-refractivity contribution in [1.29, 1.82) is 0 Å². The van der Waals surface area contributed by atoms with Gasteiger partial charge in [0, 0.05) is 35.7 Å². The number of aromatic nitrogens is 1. The first-order chi connectivity index (χ1) is 16.4. The van der Waals surface area contributed by atoms with Crippen molar-refractivity contribution in [3.05, 3.63) is 83.2 Å². The minimum atomic E-state index is -0.271. The summed E-state index contributed by atoms with van der Waals surface area (Å²) in [6, 6.07) is 18.9. The fourth-order valence-corrected chi connectivity index (χ4v) is 4.10. The topological polar surface area (TPSA) is 75.9 Å². The van der Waals surface area contributed by atoms with E-state index in [-0.39, 0.29) is 18.4 Å². The monoisotopic (exact) mass is 458 g/mol. The van der Waals surface area contributed by atoms with Gasteiger partial charge in [0.2, 0.25) is 0 Å². The van der Waals surface area contributed by atoms with E-state index in [2.05, 4.69) is 41.1 Å². The molecule has 1 N–H and O–H groups in total. The lowest BCUT2D eigenvalue weighted by Gasteiger charge is -2.15. The summed E-state index contributed by atoms with van der Waals surface area (Å²) in [7, 11) is 0. The summed E-state index contributed by atoms with van der Waals surface area (Å²) in [4.78, 5) is 26.5. The number of benzene rings is 2. The Labute approximate surface area is 200 Å². The highest BCUT2D eigenvalue weighted by molar-refractivity contribution is 6.01. The van der Waals surface area contributed by atoms with Gasteiger partial charge in [-0.15, -0.1) is 0 Å². The SMILES string of the molecule is C/C(=N\NC(=O)c1ccc(-n2c(C)ccc2C)cc1)c1ccc(OCC(=O)N2CCCC2)cc1. The van der Waals surface area contributed by atoms with E-state index in [0.29, 0.717) is 17.0 Å². The fraction of sp³-hybridized carbons (Fsp3) is 0.296. The number of ether oxygens (including phenoxy) is 1. The summed E-state index contributed by atoms with van der Waals surface area (Å²) in [5.41, 5.74) is 7.98. The minimum Gasteiger partial charge on any atom is -0.484 e. The van der Waals surface area contributed by atoms with Gasteiger partial charge in [-0.25, -0.2) is 5.43 Å². The Morgan fingerprint density at radius 3 is 2.09 bits per heavy atom. The second kappa shape index (κ2) is 10.4. The molecule has 7 nitrogen and oxygen atoms in total. The molecule has 0 saturated carbocycles. The average Bonchev–Trinajstić information content (AvgIpc) is 3.51. The number of amides is 2. The van der Waals surface area contributed by atoms with Crippen molar-refractivity contribution in [2.75, 3.05) is 19.7 Å². The van der Waals surface area contributed by atoms with Crippen molar-refractivity contribution in [2.24, 2.45) is 5.10 Å². The van der Waals surface area contributed by atoms with Crippen LogP contribution in [-0.4, -0.2) is 46.7 Å². The summed E-state index contributed by atoms with van der Waals surface area (Å²) in [5, 5.41) is 4.24. The molecule has 1 aliphatic rings. The standard InChI is InChI=1S/C27H30N4O3/c1-19-6-7-20(2)31(19)24-12-8-23(9-13-24)27(33)29-28-21(3)22-10-14-25(15-11-22)34-18-26(32)30-16-4-5-17-30/h6-15H,4-5,16-18H2,1-3H3,(H,29,33)/b28-21+. The maximum Gasteiger partial charge on any atom is 0.271 e. The zero-order valence-electron chi connectivity index (χ0n) is 19.9. The summed E-state index contributed by atoms with van der Waals surface area (Å²) in [6.45, 7) is 7.62. The van der Waals surface area contributed by atoms with E-state index in [9.17, 15) is 9.59 Å². The lowest BCUT2D eigenvalue weighted by atomic mass is 10.1. The molecule has 176 valence electrons. The van der Waals surface area contributed by atoms with Gasteiger partial charge in [-0.2, -0.15) is 5.10 Å². The molecule has 0 radical (unpaired) electrons. The first kappa shape index (κ1) is 23.3. The largest absolute Gasteiger partial charge is 0.484 e. The number of nitrogens with zero attached hydrogens (tertiary/aromatic N) is 3. The molecule has 34 heavy (non-hydrogen) atoms. The molecule has 0 bridgehead atoms. The zero-order valence-corrected chi connectivity index (χ0v) is 19.9. The van der Waals surface area contributed by atoms with Crippen LogP contribution >= 0.6 is 0 Å². The number of hydrogen-bond donors (Lipinski definition) is 1. The highest BCUT2D eigenvalue weighted by atomic mass is 16.5. The Hall–Kier alpha value is -3.87. The number of hydrazone groups is 1. The van der Waals surface area contributed by atoms with E-state index in [1.54, 1.807) is 24.3 Å². The van der Waals surface area contributed by atoms with Gasteiger partial charge in [-0.05, 0) is 99.8 Å². The van der Waals surface area contributed by atoms with Crippen molar-refractivity contribution in [3.63, 3.8) is 0 Å². The molecule has 2 heterocycles. The van der Waals surface area contributed by atoms with Crippen molar-refractivity contribution in [1.82, 2.24) is 14.9 Å². The lowest BCUT2D eigenvalue weighted by Crippen LogP contribution is -2.32. The third-order valence-corrected chi connectivity index (χ3v) is 6.08. The van der Waals surface area contributed by atoms with Crippen LogP contribution in [0.25, 0.3) is 5.69 Å². The van der Waals surface area contributed by atoms with Gasteiger partial charge in [0.25, 0.3) is 11.8 Å². The van der Waals surface area contributed by atoms with Crippen molar-refractivity contribution in [3.8, 4) is 11.4 Å². The Bertz CT molecular complexity index is 1170. The van der Waals surface area contributed by atoms with Gasteiger partial charge < -0.3 is 14.2 Å². The van der Waals surface area contributed by atoms with E-state index in [4.69, 9.17) is 4.74 Å². The first-order valence-electron chi connectivity index (χ1n) is 11.5. The van der Waals surface area contributed by atoms with Gasteiger partial charge >= 0.3 is 0 Å². The highest BCUT2D eigenvalue weighted by Crippen LogP contribution is 2.17. The summed E-state index contributed by atoms with van der Waals surface area (Å²) in [6.07, 6.45) is 2.13. The zero-order chi connectivity index (χ0) is 24.1. The van der Waals surface area contributed by atoms with Crippen molar-refractivity contribution >= 4 is 17.5 Å². The molecule has 0 aliphatic carbocycles. The number of likely N-dealkylation sites (tertiary alicyclic amines) is 1. The van der Waals surface area contributed by atoms with E-state index < -0.39 is 0 Å². The Morgan fingerprint density at radius 2 is 1.47 bits per heavy atom. The van der Waals surface area contributed by atoms with E-state index in [0.717, 1.165) is 48.6 Å². The van der Waals surface area contributed by atoms with Crippen LogP contribution in [0.3, 0.4) is 0 Å². The van der Waals surface area contributed by atoms with Crippen LogP contribution in [0.2, 0.25) is 0 Å². The fourth-order valence-electron chi connectivity index (χ4n) is 4.10. The Morgan fingerprint density at radius 1 is 0.882 bits per heavy atom. The van der Waals surface area contributed by atoms with Crippen LogP contribution < -0.4 is 10.2 Å². The first-order valence-corrected chi connectivity index (χ1v) is 11.5. The van der Waals surface area contributed by atoms with Gasteiger partial charge in [0.05, 0.1) is 5.71 Å². The molecule has 1 fully saturated rings. The maximum atomic E-state index is 12.5. The number of carbonyl (C=O) groups excluding carboxylic acids is 2. The Balaban J connectivity index is 1.32. The number of aryl methyl sites for hydroxylation is 2. The second-order valence-electron chi connectivity index (χ2n) is 8.54. The van der Waals surface area contributed by atoms with Crippen LogP contribution in [0.5, 0.6) is 5.75 Å². The molecule has 2 aromatic carbocycles. The molecule has 1 aliphatic heterocycles. The second-order valence-corrected chi connectivity index (χ2v) is 8.54. The third kappa shape index (κ3) is 5.36. The summed E-state index contributed by atoms with van der Waals surface area (Å²) < 4.78 is 7.76. The van der Waals surface area contributed by atoms with E-state index in [1.165, 1.54) is 0 Å². The molecule has 2 amide bonds. The van der Waals surface area contributed by atoms with Crippen LogP contribution in [0.1, 0.15) is 47.1 Å². The Kier molecular flexibility index (Phi) is 7.11. The molecule has 0 atom stereocenters. The molecule has 1 aromatic heterocycles. The van der Waals surface area contributed by atoms with Gasteiger partial charge in [-0.3, -0.25) is 9.59 Å². The van der Waals surface area contributed by atoms with E-state index in [1.807, 2.05) is 36.1 Å². The number of carbonyl (C=O) groups is 2. The number of hydrogen-bond acceptors (Lipinski definition) is 4. The van der Waals surface area contributed by atoms with Gasteiger partial charge in [-0.1, -0.05) is 0 Å². The predicted octanol–water partition coefficient (Wildman–Crippen LogP) is 4.25. The lowest BCUT2D eigenvalue weighted by molar-refractivity contribution is -0.132. The van der Waals surface area contributed by atoms with Crippen LogP contribution in [-0.2, 0) is 4.79 Å². The maximum absolute atomic E-state index is 12.5. The average molecular weight is 459 g/mol. The van der Waals surface area contributed by atoms with Crippen LogP contribution in [0.4, 0.5) is 0 Å². The normalized spacial score (nSPS) is 13.7. The molecular formula is C27H30N4O3. The van der Waals surface area contributed by atoms with E-state index >= 15 is 0 Å². The van der Waals surface area contributed by atoms with Crippen LogP contribution in [0.15, 0.2) is 65.8 Å². The smallest absolute Gasteiger partial charge is 0.271 e.